The van der Waals surface area contributed by atoms with E-state index in [0.29, 0.717) is 32.8 Å². The van der Waals surface area contributed by atoms with E-state index in [-0.39, 0.29) is 5.41 Å². The fraction of sp³-hybridized carbons (Fsp3) is 0.273. The summed E-state index contributed by atoms with van der Waals surface area (Å²) in [6.07, 6.45) is 0.893. The van der Waals surface area contributed by atoms with Crippen molar-refractivity contribution in [3.8, 4) is 0 Å². The molecular formula is C33H34O3. The molecule has 0 aromatic heterocycles. The largest absolute Gasteiger partial charge is 0.389 e. The first-order valence-electron chi connectivity index (χ1n) is 12.7. The summed E-state index contributed by atoms with van der Waals surface area (Å²) < 4.78 is 12.5. The third kappa shape index (κ3) is 5.76. The Hall–Kier alpha value is -3.24. The van der Waals surface area contributed by atoms with Gasteiger partial charge in [0.15, 0.2) is 0 Å². The third-order valence-corrected chi connectivity index (χ3v) is 7.30. The van der Waals surface area contributed by atoms with Crippen molar-refractivity contribution in [2.75, 3.05) is 13.2 Å². The molecule has 4 aromatic carbocycles. The van der Waals surface area contributed by atoms with Crippen LogP contribution in [0.3, 0.4) is 0 Å². The molecule has 3 heteroatoms. The van der Waals surface area contributed by atoms with Gasteiger partial charge >= 0.3 is 0 Å². The summed E-state index contributed by atoms with van der Waals surface area (Å²) in [6.45, 7) is 4.33. The lowest BCUT2D eigenvalue weighted by atomic mass is 9.87. The van der Waals surface area contributed by atoms with Gasteiger partial charge in [-0.05, 0) is 64.4 Å². The predicted octanol–water partition coefficient (Wildman–Crippen LogP) is 7.19. The zero-order valence-corrected chi connectivity index (χ0v) is 20.9. The first-order chi connectivity index (χ1) is 17.6. The fourth-order valence-electron chi connectivity index (χ4n) is 5.30. The van der Waals surface area contributed by atoms with Crippen LogP contribution in [0.5, 0.6) is 0 Å². The van der Waals surface area contributed by atoms with Crippen molar-refractivity contribution in [2.24, 2.45) is 5.41 Å². The van der Waals surface area contributed by atoms with Crippen LogP contribution in [0.2, 0.25) is 0 Å². The molecule has 0 heterocycles. The second-order valence-corrected chi connectivity index (χ2v) is 10.1. The van der Waals surface area contributed by atoms with Gasteiger partial charge in [-0.3, -0.25) is 0 Å². The molecule has 1 fully saturated rings. The molecule has 0 amide bonds. The summed E-state index contributed by atoms with van der Waals surface area (Å²) in [7, 11) is 0. The Morgan fingerprint density at radius 1 is 0.750 bits per heavy atom. The minimum Gasteiger partial charge on any atom is -0.389 e. The van der Waals surface area contributed by atoms with Gasteiger partial charge in [-0.2, -0.15) is 0 Å². The number of ether oxygens (including phenoxy) is 2. The number of rotatable bonds is 9. The van der Waals surface area contributed by atoms with Crippen LogP contribution in [0.15, 0.2) is 109 Å². The molecule has 0 aliphatic heterocycles. The van der Waals surface area contributed by atoms with Crippen molar-refractivity contribution < 1.29 is 14.6 Å². The molecule has 0 bridgehead atoms. The molecule has 0 radical (unpaired) electrons. The Balaban J connectivity index is 1.36. The van der Waals surface area contributed by atoms with E-state index in [2.05, 4.69) is 73.7 Å². The summed E-state index contributed by atoms with van der Waals surface area (Å²) in [6, 6.07) is 35.4. The van der Waals surface area contributed by atoms with Crippen LogP contribution in [0.25, 0.3) is 16.3 Å². The highest BCUT2D eigenvalue weighted by Crippen LogP contribution is 2.45. The average Bonchev–Trinajstić information content (AvgIpc) is 3.25. The lowest BCUT2D eigenvalue weighted by molar-refractivity contribution is -0.0349. The minimum absolute atomic E-state index is 0.267. The maximum Gasteiger partial charge on any atom is 0.0763 e. The molecule has 0 unspecified atom stereocenters. The number of allylic oxidation sites excluding steroid dienone is 1. The van der Waals surface area contributed by atoms with Gasteiger partial charge in [-0.25, -0.2) is 0 Å². The summed E-state index contributed by atoms with van der Waals surface area (Å²) in [5, 5.41) is 13.7. The highest BCUT2D eigenvalue weighted by molar-refractivity contribution is 5.86. The van der Waals surface area contributed by atoms with E-state index in [0.717, 1.165) is 34.3 Å². The van der Waals surface area contributed by atoms with Crippen LogP contribution in [0.1, 0.15) is 36.5 Å². The normalized spacial score (nSPS) is 18.4. The predicted molar refractivity (Wildman–Crippen MR) is 146 cm³/mol. The molecule has 1 atom stereocenters. The van der Waals surface area contributed by atoms with E-state index in [1.54, 1.807) is 0 Å². The van der Waals surface area contributed by atoms with Crippen molar-refractivity contribution in [3.05, 3.63) is 125 Å². The van der Waals surface area contributed by atoms with Gasteiger partial charge in [-0.1, -0.05) is 97.1 Å². The van der Waals surface area contributed by atoms with E-state index in [1.165, 1.54) is 10.8 Å². The van der Waals surface area contributed by atoms with Crippen LogP contribution >= 0.6 is 0 Å². The van der Waals surface area contributed by atoms with Gasteiger partial charge in [-0.15, -0.1) is 0 Å². The molecule has 1 N–H and O–H groups in total. The molecular weight excluding hydrogens is 444 g/mol. The third-order valence-electron chi connectivity index (χ3n) is 7.30. The summed E-state index contributed by atoms with van der Waals surface area (Å²) in [4.78, 5) is 0. The van der Waals surface area contributed by atoms with Crippen LogP contribution in [-0.4, -0.2) is 24.4 Å². The Bertz CT molecular complexity index is 1270. The van der Waals surface area contributed by atoms with Gasteiger partial charge in [0.2, 0.25) is 0 Å². The lowest BCUT2D eigenvalue weighted by Gasteiger charge is -2.28. The highest BCUT2D eigenvalue weighted by Gasteiger charge is 2.43. The molecule has 5 rings (SSSR count). The van der Waals surface area contributed by atoms with Gasteiger partial charge in [0, 0.05) is 5.41 Å². The van der Waals surface area contributed by atoms with Crippen LogP contribution < -0.4 is 0 Å². The molecule has 0 spiro atoms. The van der Waals surface area contributed by atoms with Crippen molar-refractivity contribution in [3.63, 3.8) is 0 Å². The Morgan fingerprint density at radius 2 is 1.31 bits per heavy atom. The lowest BCUT2D eigenvalue weighted by Crippen LogP contribution is -2.30. The van der Waals surface area contributed by atoms with Gasteiger partial charge in [0.05, 0.1) is 32.5 Å². The Kier molecular flexibility index (Phi) is 7.62. The quantitative estimate of drug-likeness (QED) is 0.277. The number of hydrogen-bond donors (Lipinski definition) is 1. The second-order valence-electron chi connectivity index (χ2n) is 10.1. The van der Waals surface area contributed by atoms with Gasteiger partial charge < -0.3 is 14.6 Å². The van der Waals surface area contributed by atoms with E-state index >= 15 is 0 Å². The SMILES string of the molecule is C/C(=C1\CC(COCc2ccccc2)(COCc2ccccc2)C[C@@H]1O)c1ccc2ccccc2c1. The van der Waals surface area contributed by atoms with Crippen LogP contribution in [0.4, 0.5) is 0 Å². The van der Waals surface area contributed by atoms with Crippen molar-refractivity contribution in [2.45, 2.75) is 39.1 Å². The van der Waals surface area contributed by atoms with Crippen LogP contribution in [0, 0.1) is 5.41 Å². The molecule has 4 aromatic rings. The molecule has 184 valence electrons. The zero-order valence-electron chi connectivity index (χ0n) is 20.9. The molecule has 1 aliphatic rings. The van der Waals surface area contributed by atoms with Crippen molar-refractivity contribution >= 4 is 16.3 Å². The first kappa shape index (κ1) is 24.5. The van der Waals surface area contributed by atoms with E-state index < -0.39 is 6.10 Å². The molecule has 0 saturated heterocycles. The first-order valence-corrected chi connectivity index (χ1v) is 12.7. The zero-order chi connectivity index (χ0) is 24.8. The summed E-state index contributed by atoms with van der Waals surface area (Å²) >= 11 is 0. The summed E-state index contributed by atoms with van der Waals surface area (Å²) in [5.41, 5.74) is 5.45. The Labute approximate surface area is 214 Å². The maximum absolute atomic E-state index is 11.2. The average molecular weight is 479 g/mol. The monoisotopic (exact) mass is 478 g/mol. The molecule has 3 nitrogen and oxygen atoms in total. The number of hydrogen-bond acceptors (Lipinski definition) is 3. The standard InChI is InChI=1S/C33H34O3/c1-25(29-17-16-28-14-8-9-15-30(28)18-29)31-19-33(20-32(31)34,23-35-21-26-10-4-2-5-11-26)24-36-22-27-12-6-3-7-13-27/h2-18,32,34H,19-24H2,1H3/b31-25-/t32-/m0/s1. The highest BCUT2D eigenvalue weighted by atomic mass is 16.5. The van der Waals surface area contributed by atoms with E-state index in [4.69, 9.17) is 9.47 Å². The van der Waals surface area contributed by atoms with Gasteiger partial charge in [0.25, 0.3) is 0 Å². The molecule has 1 aliphatic carbocycles. The molecule has 1 saturated carbocycles. The Morgan fingerprint density at radius 3 is 1.92 bits per heavy atom. The second kappa shape index (κ2) is 11.2. The minimum atomic E-state index is -0.503. The number of benzene rings is 4. The maximum atomic E-state index is 11.2. The van der Waals surface area contributed by atoms with Gasteiger partial charge in [0.1, 0.15) is 0 Å². The van der Waals surface area contributed by atoms with E-state index in [1.807, 2.05) is 36.4 Å². The van der Waals surface area contributed by atoms with Crippen molar-refractivity contribution in [1.82, 2.24) is 0 Å². The molecule has 36 heavy (non-hydrogen) atoms. The topological polar surface area (TPSA) is 38.7 Å². The summed E-state index contributed by atoms with van der Waals surface area (Å²) in [5.74, 6) is 0. The number of aliphatic hydroxyl groups excluding tert-OH is 1. The van der Waals surface area contributed by atoms with Crippen LogP contribution in [-0.2, 0) is 22.7 Å². The number of aliphatic hydroxyl groups is 1. The fourth-order valence-corrected chi connectivity index (χ4v) is 5.30. The van der Waals surface area contributed by atoms with Crippen molar-refractivity contribution in [1.29, 1.82) is 0 Å². The number of fused-ring (bicyclic) bond motifs is 1. The smallest absolute Gasteiger partial charge is 0.0763 e. The van der Waals surface area contributed by atoms with E-state index in [9.17, 15) is 5.11 Å².